The zero-order valence-electron chi connectivity index (χ0n) is 16.2. The molecule has 146 valence electrons. The van der Waals surface area contributed by atoms with Crippen molar-refractivity contribution in [2.24, 2.45) is 11.3 Å². The van der Waals surface area contributed by atoms with E-state index in [2.05, 4.69) is 5.32 Å². The van der Waals surface area contributed by atoms with Crippen molar-refractivity contribution in [1.29, 1.82) is 0 Å². The number of thioether (sulfide) groups is 1. The molecular formula is C22H30N2O2S. The molecule has 27 heavy (non-hydrogen) atoms. The lowest BCUT2D eigenvalue weighted by Crippen LogP contribution is -2.49. The van der Waals surface area contributed by atoms with Gasteiger partial charge in [-0.05, 0) is 93.2 Å². The molecule has 1 N–H and O–H groups in total. The molecule has 5 heteroatoms. The number of fused-ring (bicyclic) bond motifs is 2. The molecule has 4 nitrogen and oxygen atoms in total. The van der Waals surface area contributed by atoms with Crippen LogP contribution in [0.15, 0.2) is 29.2 Å². The van der Waals surface area contributed by atoms with Crippen molar-refractivity contribution < 1.29 is 9.59 Å². The first kappa shape index (κ1) is 18.9. The van der Waals surface area contributed by atoms with Crippen LogP contribution < -0.4 is 5.32 Å². The summed E-state index contributed by atoms with van der Waals surface area (Å²) in [7, 11) is 0. The number of carbonyl (C=O) groups is 2. The van der Waals surface area contributed by atoms with Crippen LogP contribution in [0.3, 0.4) is 0 Å². The van der Waals surface area contributed by atoms with E-state index in [1.165, 1.54) is 32.1 Å². The van der Waals surface area contributed by atoms with Crippen LogP contribution >= 0.6 is 11.8 Å². The van der Waals surface area contributed by atoms with Crippen LogP contribution in [0.5, 0.6) is 0 Å². The predicted octanol–water partition coefficient (Wildman–Crippen LogP) is 4.10. The minimum absolute atomic E-state index is 0.121. The van der Waals surface area contributed by atoms with Crippen LogP contribution in [0, 0.1) is 11.3 Å². The van der Waals surface area contributed by atoms with Crippen LogP contribution in [-0.4, -0.2) is 42.1 Å². The number of likely N-dealkylation sites (tertiary alicyclic amines) is 1. The Kier molecular flexibility index (Phi) is 5.49. The molecule has 2 bridgehead atoms. The first-order valence-corrected chi connectivity index (χ1v) is 11.5. The predicted molar refractivity (Wildman–Crippen MR) is 109 cm³/mol. The van der Waals surface area contributed by atoms with E-state index in [0.29, 0.717) is 5.56 Å². The van der Waals surface area contributed by atoms with Gasteiger partial charge in [0, 0.05) is 23.5 Å². The normalized spacial score (nSPS) is 27.7. The average molecular weight is 387 g/mol. The molecule has 3 aliphatic rings. The van der Waals surface area contributed by atoms with Gasteiger partial charge >= 0.3 is 0 Å². The van der Waals surface area contributed by atoms with Crippen molar-refractivity contribution in [2.75, 3.05) is 19.3 Å². The van der Waals surface area contributed by atoms with Gasteiger partial charge in [-0.15, -0.1) is 11.8 Å². The highest BCUT2D eigenvalue weighted by Gasteiger charge is 2.47. The van der Waals surface area contributed by atoms with Crippen LogP contribution in [-0.2, 0) is 4.79 Å². The fourth-order valence-electron chi connectivity index (χ4n) is 5.37. The summed E-state index contributed by atoms with van der Waals surface area (Å²) in [5, 5.41) is 3.12. The number of carbonyl (C=O) groups excluding carboxylic acids is 2. The van der Waals surface area contributed by atoms with Gasteiger partial charge in [0.15, 0.2) is 0 Å². The number of rotatable bonds is 6. The Morgan fingerprint density at radius 2 is 1.85 bits per heavy atom. The van der Waals surface area contributed by atoms with Gasteiger partial charge in [0.25, 0.3) is 5.91 Å². The zero-order valence-corrected chi connectivity index (χ0v) is 17.0. The van der Waals surface area contributed by atoms with Crippen LogP contribution in [0.4, 0.5) is 0 Å². The van der Waals surface area contributed by atoms with E-state index >= 15 is 0 Å². The van der Waals surface area contributed by atoms with Crippen LogP contribution in [0.2, 0.25) is 0 Å². The second-order valence-electron chi connectivity index (χ2n) is 8.64. The topological polar surface area (TPSA) is 49.4 Å². The molecule has 2 saturated carbocycles. The lowest BCUT2D eigenvalue weighted by atomic mass is 9.78. The third kappa shape index (κ3) is 4.03. The van der Waals surface area contributed by atoms with Crippen molar-refractivity contribution in [2.45, 2.75) is 62.3 Å². The summed E-state index contributed by atoms with van der Waals surface area (Å²) >= 11 is 1.66. The quantitative estimate of drug-likeness (QED) is 0.749. The lowest BCUT2D eigenvalue weighted by Gasteiger charge is -2.33. The van der Waals surface area contributed by atoms with E-state index < -0.39 is 0 Å². The maximum absolute atomic E-state index is 13.2. The van der Waals surface area contributed by atoms with E-state index in [-0.39, 0.29) is 23.3 Å². The maximum atomic E-state index is 13.2. The summed E-state index contributed by atoms with van der Waals surface area (Å²) < 4.78 is 0. The molecule has 0 aromatic heterocycles. The van der Waals surface area contributed by atoms with Gasteiger partial charge in [0.2, 0.25) is 5.91 Å². The summed E-state index contributed by atoms with van der Waals surface area (Å²) in [6, 6.07) is 7.27. The summed E-state index contributed by atoms with van der Waals surface area (Å²) in [6.07, 6.45) is 11.3. The zero-order chi connectivity index (χ0) is 18.9. The Hall–Kier alpha value is -1.49. The SMILES string of the molecule is CSc1ccc(C(=O)NC(CC23CCC(CC2)C3)C(=O)N2CCCC2)cc1. The van der Waals surface area contributed by atoms with Crippen molar-refractivity contribution in [3.63, 3.8) is 0 Å². The number of hydrogen-bond donors (Lipinski definition) is 1. The van der Waals surface area contributed by atoms with E-state index in [1.54, 1.807) is 11.8 Å². The number of benzene rings is 1. The van der Waals surface area contributed by atoms with Gasteiger partial charge in [-0.1, -0.05) is 0 Å². The van der Waals surface area contributed by atoms with E-state index in [0.717, 1.165) is 43.2 Å². The monoisotopic (exact) mass is 386 g/mol. The lowest BCUT2D eigenvalue weighted by molar-refractivity contribution is -0.133. The van der Waals surface area contributed by atoms with Crippen molar-refractivity contribution >= 4 is 23.6 Å². The van der Waals surface area contributed by atoms with Gasteiger partial charge in [-0.3, -0.25) is 9.59 Å². The molecule has 2 aliphatic carbocycles. The molecule has 1 unspecified atom stereocenters. The second-order valence-corrected chi connectivity index (χ2v) is 9.52. The van der Waals surface area contributed by atoms with Gasteiger partial charge in [0.05, 0.1) is 0 Å². The van der Waals surface area contributed by atoms with Crippen molar-refractivity contribution in [1.82, 2.24) is 10.2 Å². The Balaban J connectivity index is 1.49. The molecule has 0 spiro atoms. The molecule has 1 aromatic rings. The fraction of sp³-hybridized carbons (Fsp3) is 0.636. The maximum Gasteiger partial charge on any atom is 0.251 e. The van der Waals surface area contributed by atoms with Crippen LogP contribution in [0.1, 0.15) is 61.7 Å². The number of hydrogen-bond acceptors (Lipinski definition) is 3. The highest BCUT2D eigenvalue weighted by atomic mass is 32.2. The standard InChI is InChI=1S/C22H30N2O2S/c1-27-18-6-4-17(5-7-18)20(25)23-19(21(26)24-12-2-3-13-24)15-22-10-8-16(14-22)9-11-22/h4-7,16,19H,2-3,8-15H2,1H3,(H,23,25). The smallest absolute Gasteiger partial charge is 0.251 e. The fourth-order valence-corrected chi connectivity index (χ4v) is 5.78. The minimum Gasteiger partial charge on any atom is -0.341 e. The molecule has 1 heterocycles. The third-order valence-electron chi connectivity index (χ3n) is 6.90. The molecule has 4 rings (SSSR count). The largest absolute Gasteiger partial charge is 0.341 e. The molecule has 0 radical (unpaired) electrons. The first-order chi connectivity index (χ1) is 13.1. The first-order valence-electron chi connectivity index (χ1n) is 10.3. The molecule has 1 atom stereocenters. The number of nitrogens with one attached hydrogen (secondary N) is 1. The van der Waals surface area contributed by atoms with Crippen molar-refractivity contribution in [3.8, 4) is 0 Å². The summed E-state index contributed by atoms with van der Waals surface area (Å²) in [5.41, 5.74) is 0.918. The molecular weight excluding hydrogens is 356 g/mol. The van der Waals surface area contributed by atoms with Gasteiger partial charge < -0.3 is 10.2 Å². The van der Waals surface area contributed by atoms with Crippen molar-refractivity contribution in [3.05, 3.63) is 29.8 Å². The Morgan fingerprint density at radius 1 is 1.19 bits per heavy atom. The van der Waals surface area contributed by atoms with E-state index in [1.807, 2.05) is 35.4 Å². The van der Waals surface area contributed by atoms with Gasteiger partial charge in [-0.2, -0.15) is 0 Å². The summed E-state index contributed by atoms with van der Waals surface area (Å²) in [4.78, 5) is 29.1. The van der Waals surface area contributed by atoms with Gasteiger partial charge in [-0.25, -0.2) is 0 Å². The van der Waals surface area contributed by atoms with Gasteiger partial charge in [0.1, 0.15) is 6.04 Å². The minimum atomic E-state index is -0.382. The summed E-state index contributed by atoms with van der Waals surface area (Å²) in [6.45, 7) is 1.67. The number of amides is 2. The second kappa shape index (κ2) is 7.86. The highest BCUT2D eigenvalue weighted by Crippen LogP contribution is 2.56. The number of nitrogens with zero attached hydrogens (tertiary/aromatic N) is 1. The third-order valence-corrected chi connectivity index (χ3v) is 7.64. The Labute approximate surface area is 166 Å². The van der Waals surface area contributed by atoms with E-state index in [4.69, 9.17) is 0 Å². The molecule has 1 aromatic carbocycles. The van der Waals surface area contributed by atoms with Crippen LogP contribution in [0.25, 0.3) is 0 Å². The molecule has 1 saturated heterocycles. The van der Waals surface area contributed by atoms with E-state index in [9.17, 15) is 9.59 Å². The molecule has 1 aliphatic heterocycles. The Morgan fingerprint density at radius 3 is 2.41 bits per heavy atom. The molecule has 3 fully saturated rings. The molecule has 2 amide bonds. The average Bonchev–Trinajstić information content (AvgIpc) is 3.44. The summed E-state index contributed by atoms with van der Waals surface area (Å²) in [5.74, 6) is 0.859. The highest BCUT2D eigenvalue weighted by molar-refractivity contribution is 7.98. The Bertz CT molecular complexity index is 689.